The topological polar surface area (TPSA) is 78.9 Å². The van der Waals surface area contributed by atoms with Gasteiger partial charge in [0.15, 0.2) is 6.10 Å². The Morgan fingerprint density at radius 2 is 0.524 bits per heavy atom. The van der Waals surface area contributed by atoms with Crippen molar-refractivity contribution in [3.63, 3.8) is 0 Å². The zero-order valence-electron chi connectivity index (χ0n) is 43.2. The summed E-state index contributed by atoms with van der Waals surface area (Å²) in [5.74, 6) is 0.814. The fourth-order valence-electron chi connectivity index (χ4n) is 8.70. The molecule has 0 aliphatic heterocycles. The van der Waals surface area contributed by atoms with Gasteiger partial charge >= 0.3 is 17.9 Å². The minimum absolute atomic E-state index is 0.0630. The SMILES string of the molecule is CCCCCCCCCCCCCCCCCC(=O)OC[C@H](COC(=O)CCCCCCCCCCCC(C)C)OC(=O)CCCCCCCCCCCCCCCCCC(C)C. The lowest BCUT2D eigenvalue weighted by Crippen LogP contribution is -2.30. The Morgan fingerprint density at radius 3 is 0.778 bits per heavy atom. The molecular formula is C57H110O6. The molecule has 0 rings (SSSR count). The first kappa shape index (κ1) is 61.4. The highest BCUT2D eigenvalue weighted by Gasteiger charge is 2.19. The van der Waals surface area contributed by atoms with Gasteiger partial charge in [0.1, 0.15) is 13.2 Å². The van der Waals surface area contributed by atoms with E-state index in [4.69, 9.17) is 14.2 Å². The number of carbonyl (C=O) groups is 3. The molecule has 0 fully saturated rings. The number of unbranched alkanes of at least 4 members (excludes halogenated alkanes) is 36. The van der Waals surface area contributed by atoms with Crippen LogP contribution < -0.4 is 0 Å². The first-order valence-electron chi connectivity index (χ1n) is 28.2. The van der Waals surface area contributed by atoms with Crippen LogP contribution in [0.4, 0.5) is 0 Å². The number of hydrogen-bond acceptors (Lipinski definition) is 6. The first-order chi connectivity index (χ1) is 30.7. The summed E-state index contributed by atoms with van der Waals surface area (Å²) >= 11 is 0. The van der Waals surface area contributed by atoms with Crippen LogP contribution in [-0.4, -0.2) is 37.2 Å². The number of esters is 3. The van der Waals surface area contributed by atoms with Crippen LogP contribution >= 0.6 is 0 Å². The van der Waals surface area contributed by atoms with E-state index in [2.05, 4.69) is 34.6 Å². The minimum Gasteiger partial charge on any atom is -0.462 e. The molecule has 0 bridgehead atoms. The normalized spacial score (nSPS) is 12.0. The second kappa shape index (κ2) is 49.8. The van der Waals surface area contributed by atoms with Gasteiger partial charge in [0.2, 0.25) is 0 Å². The fraction of sp³-hybridized carbons (Fsp3) is 0.947. The molecule has 1 atom stereocenters. The highest BCUT2D eigenvalue weighted by molar-refractivity contribution is 5.71. The van der Waals surface area contributed by atoms with E-state index in [-0.39, 0.29) is 31.1 Å². The van der Waals surface area contributed by atoms with Crippen molar-refractivity contribution in [3.8, 4) is 0 Å². The molecule has 0 saturated carbocycles. The van der Waals surface area contributed by atoms with Crippen molar-refractivity contribution in [2.75, 3.05) is 13.2 Å². The number of ether oxygens (including phenoxy) is 3. The Labute approximate surface area is 393 Å². The van der Waals surface area contributed by atoms with E-state index in [1.807, 2.05) is 0 Å². The zero-order chi connectivity index (χ0) is 46.1. The fourth-order valence-corrected chi connectivity index (χ4v) is 8.70. The number of carbonyl (C=O) groups excluding carboxylic acids is 3. The van der Waals surface area contributed by atoms with E-state index < -0.39 is 6.10 Å². The average molecular weight is 892 g/mol. The van der Waals surface area contributed by atoms with Crippen LogP contribution in [0.15, 0.2) is 0 Å². The second-order valence-electron chi connectivity index (χ2n) is 20.5. The molecule has 0 saturated heterocycles. The summed E-state index contributed by atoms with van der Waals surface area (Å²) in [6, 6.07) is 0. The van der Waals surface area contributed by atoms with Crippen LogP contribution in [0.25, 0.3) is 0 Å². The predicted octanol–water partition coefficient (Wildman–Crippen LogP) is 18.5. The smallest absolute Gasteiger partial charge is 0.306 e. The van der Waals surface area contributed by atoms with Gasteiger partial charge in [0, 0.05) is 19.3 Å². The lowest BCUT2D eigenvalue weighted by molar-refractivity contribution is -0.167. The molecule has 63 heavy (non-hydrogen) atoms. The number of rotatable bonds is 51. The van der Waals surface area contributed by atoms with Gasteiger partial charge in [-0.25, -0.2) is 0 Å². The molecule has 0 aliphatic carbocycles. The number of hydrogen-bond donors (Lipinski definition) is 0. The molecule has 0 heterocycles. The monoisotopic (exact) mass is 891 g/mol. The first-order valence-corrected chi connectivity index (χ1v) is 28.2. The average Bonchev–Trinajstić information content (AvgIpc) is 3.25. The van der Waals surface area contributed by atoms with Gasteiger partial charge in [0.05, 0.1) is 0 Å². The summed E-state index contributed by atoms with van der Waals surface area (Å²) in [6.45, 7) is 11.4. The van der Waals surface area contributed by atoms with Crippen molar-refractivity contribution in [2.24, 2.45) is 11.8 Å². The Kier molecular flexibility index (Phi) is 48.6. The largest absolute Gasteiger partial charge is 0.462 e. The van der Waals surface area contributed by atoms with E-state index in [1.54, 1.807) is 0 Å². The van der Waals surface area contributed by atoms with Crippen LogP contribution in [0, 0.1) is 11.8 Å². The lowest BCUT2D eigenvalue weighted by Gasteiger charge is -2.18. The summed E-state index contributed by atoms with van der Waals surface area (Å²) in [5, 5.41) is 0. The molecule has 0 aliphatic rings. The lowest BCUT2D eigenvalue weighted by atomic mass is 10.0. The quantitative estimate of drug-likeness (QED) is 0.0344. The van der Waals surface area contributed by atoms with E-state index in [0.717, 1.165) is 69.6 Å². The summed E-state index contributed by atoms with van der Waals surface area (Å²) in [5.41, 5.74) is 0. The highest BCUT2D eigenvalue weighted by Crippen LogP contribution is 2.18. The molecule has 0 N–H and O–H groups in total. The van der Waals surface area contributed by atoms with Crippen molar-refractivity contribution < 1.29 is 28.6 Å². The molecule has 374 valence electrons. The van der Waals surface area contributed by atoms with Gasteiger partial charge in [0.25, 0.3) is 0 Å². The third-order valence-corrected chi connectivity index (χ3v) is 13.0. The van der Waals surface area contributed by atoms with Crippen molar-refractivity contribution in [1.82, 2.24) is 0 Å². The molecule has 0 aromatic rings. The molecule has 0 spiro atoms. The summed E-state index contributed by atoms with van der Waals surface area (Å²) in [6.07, 6.45) is 52.4. The highest BCUT2D eigenvalue weighted by atomic mass is 16.6. The molecule has 0 radical (unpaired) electrons. The van der Waals surface area contributed by atoms with Crippen LogP contribution in [-0.2, 0) is 28.6 Å². The van der Waals surface area contributed by atoms with E-state index in [9.17, 15) is 14.4 Å². The third kappa shape index (κ3) is 51.3. The maximum atomic E-state index is 12.8. The Hall–Kier alpha value is -1.59. The molecule has 6 heteroatoms. The van der Waals surface area contributed by atoms with E-state index in [1.165, 1.54) is 205 Å². The molecule has 0 aromatic heterocycles. The maximum Gasteiger partial charge on any atom is 0.306 e. The van der Waals surface area contributed by atoms with Crippen molar-refractivity contribution in [1.29, 1.82) is 0 Å². The molecular weight excluding hydrogens is 781 g/mol. The van der Waals surface area contributed by atoms with Gasteiger partial charge < -0.3 is 14.2 Å². The van der Waals surface area contributed by atoms with E-state index >= 15 is 0 Å². The summed E-state index contributed by atoms with van der Waals surface area (Å²) < 4.78 is 16.9. The Balaban J connectivity index is 4.29. The molecule has 6 nitrogen and oxygen atoms in total. The third-order valence-electron chi connectivity index (χ3n) is 13.0. The van der Waals surface area contributed by atoms with Crippen LogP contribution in [0.3, 0.4) is 0 Å². The van der Waals surface area contributed by atoms with Crippen LogP contribution in [0.5, 0.6) is 0 Å². The van der Waals surface area contributed by atoms with E-state index in [0.29, 0.717) is 19.3 Å². The molecule has 0 unspecified atom stereocenters. The minimum atomic E-state index is -0.762. The standard InChI is InChI=1S/C57H110O6/c1-6-7-8-9-10-11-12-13-15-19-22-27-32-37-42-47-55(58)61-50-54(51-62-56(59)48-43-38-33-29-24-26-31-36-41-46-53(4)5)63-57(60)49-44-39-34-28-23-20-17-14-16-18-21-25-30-35-40-45-52(2)3/h52-54H,6-51H2,1-5H3/t54-/m1/s1. The second-order valence-corrected chi connectivity index (χ2v) is 20.5. The summed E-state index contributed by atoms with van der Waals surface area (Å²) in [7, 11) is 0. The van der Waals surface area contributed by atoms with Gasteiger partial charge in [-0.1, -0.05) is 279 Å². The van der Waals surface area contributed by atoms with Crippen molar-refractivity contribution in [3.05, 3.63) is 0 Å². The van der Waals surface area contributed by atoms with Crippen LogP contribution in [0.2, 0.25) is 0 Å². The molecule has 0 amide bonds. The summed E-state index contributed by atoms with van der Waals surface area (Å²) in [4.78, 5) is 38.1. The Bertz CT molecular complexity index is 962. The van der Waals surface area contributed by atoms with Gasteiger partial charge in [-0.3, -0.25) is 14.4 Å². The van der Waals surface area contributed by atoms with Crippen molar-refractivity contribution >= 4 is 17.9 Å². The zero-order valence-corrected chi connectivity index (χ0v) is 43.2. The van der Waals surface area contributed by atoms with Gasteiger partial charge in [-0.15, -0.1) is 0 Å². The Morgan fingerprint density at radius 1 is 0.302 bits per heavy atom. The predicted molar refractivity (Wildman–Crippen MR) is 270 cm³/mol. The van der Waals surface area contributed by atoms with Gasteiger partial charge in [-0.05, 0) is 31.1 Å². The van der Waals surface area contributed by atoms with Crippen LogP contribution in [0.1, 0.15) is 317 Å². The van der Waals surface area contributed by atoms with Gasteiger partial charge in [-0.2, -0.15) is 0 Å². The maximum absolute atomic E-state index is 12.8. The van der Waals surface area contributed by atoms with Crippen molar-refractivity contribution in [2.45, 2.75) is 323 Å². The molecule has 0 aromatic carbocycles.